The van der Waals surface area contributed by atoms with Crippen LogP contribution in [-0.2, 0) is 22.6 Å². The van der Waals surface area contributed by atoms with Gasteiger partial charge >= 0.3 is 0 Å². The standard InChI is InChI=1S/C27H28Br2N2O3/c1-2-16-30-27(33)25(17-20-6-4-3-5-7-20)31(18-21-8-10-22(28)11-9-21)26(32)19-34-24-14-12-23(29)13-15-24/h3-15,25H,2,16-19H2,1H3,(H,30,33)/t25-/m1/s1. The molecule has 0 radical (unpaired) electrons. The number of nitrogens with one attached hydrogen (secondary N) is 1. The van der Waals surface area contributed by atoms with Gasteiger partial charge < -0.3 is 15.0 Å². The van der Waals surface area contributed by atoms with Gasteiger partial charge in [0.1, 0.15) is 11.8 Å². The molecular formula is C27H28Br2N2O3. The van der Waals surface area contributed by atoms with Crippen LogP contribution in [-0.4, -0.2) is 35.9 Å². The lowest BCUT2D eigenvalue weighted by atomic mass is 10.0. The average molecular weight is 588 g/mol. The Morgan fingerprint density at radius 2 is 1.50 bits per heavy atom. The predicted octanol–water partition coefficient (Wildman–Crippen LogP) is 5.76. The van der Waals surface area contributed by atoms with E-state index in [0.29, 0.717) is 25.3 Å². The molecule has 0 aliphatic carbocycles. The van der Waals surface area contributed by atoms with Crippen molar-refractivity contribution in [2.24, 2.45) is 0 Å². The van der Waals surface area contributed by atoms with E-state index in [4.69, 9.17) is 4.74 Å². The van der Waals surface area contributed by atoms with Gasteiger partial charge in [-0.2, -0.15) is 0 Å². The Kier molecular flexibility index (Phi) is 10.2. The molecule has 1 N–H and O–H groups in total. The van der Waals surface area contributed by atoms with Crippen molar-refractivity contribution in [3.63, 3.8) is 0 Å². The number of carbonyl (C=O) groups excluding carboxylic acids is 2. The fraction of sp³-hybridized carbons (Fsp3) is 0.259. The fourth-order valence-electron chi connectivity index (χ4n) is 3.47. The zero-order valence-corrected chi connectivity index (χ0v) is 22.2. The van der Waals surface area contributed by atoms with E-state index < -0.39 is 6.04 Å². The van der Waals surface area contributed by atoms with Gasteiger partial charge in [0.15, 0.2) is 6.61 Å². The third kappa shape index (κ3) is 7.99. The summed E-state index contributed by atoms with van der Waals surface area (Å²) in [6, 6.07) is 24.2. The van der Waals surface area contributed by atoms with Crippen molar-refractivity contribution in [1.82, 2.24) is 10.2 Å². The summed E-state index contributed by atoms with van der Waals surface area (Å²) in [4.78, 5) is 28.3. The van der Waals surface area contributed by atoms with Crippen LogP contribution in [0.4, 0.5) is 0 Å². The zero-order valence-electron chi connectivity index (χ0n) is 19.0. The Morgan fingerprint density at radius 1 is 0.882 bits per heavy atom. The molecule has 2 amide bonds. The lowest BCUT2D eigenvalue weighted by Crippen LogP contribution is -2.51. The van der Waals surface area contributed by atoms with E-state index >= 15 is 0 Å². The molecule has 7 heteroatoms. The molecule has 0 saturated carbocycles. The molecule has 0 bridgehead atoms. The van der Waals surface area contributed by atoms with Crippen LogP contribution < -0.4 is 10.1 Å². The summed E-state index contributed by atoms with van der Waals surface area (Å²) >= 11 is 6.85. The second-order valence-electron chi connectivity index (χ2n) is 7.89. The van der Waals surface area contributed by atoms with Gasteiger partial charge in [-0.15, -0.1) is 0 Å². The molecule has 0 aliphatic heterocycles. The molecular weight excluding hydrogens is 560 g/mol. The minimum Gasteiger partial charge on any atom is -0.484 e. The Bertz CT molecular complexity index is 1060. The molecule has 178 valence electrons. The van der Waals surface area contributed by atoms with Crippen LogP contribution in [0.2, 0.25) is 0 Å². The van der Waals surface area contributed by atoms with Gasteiger partial charge in [0, 0.05) is 28.5 Å². The van der Waals surface area contributed by atoms with Crippen LogP contribution in [0.5, 0.6) is 5.75 Å². The second kappa shape index (κ2) is 13.3. The first-order valence-electron chi connectivity index (χ1n) is 11.2. The molecule has 3 aromatic carbocycles. The average Bonchev–Trinajstić information content (AvgIpc) is 2.86. The fourth-order valence-corrected chi connectivity index (χ4v) is 3.99. The first-order valence-corrected chi connectivity index (χ1v) is 12.8. The van der Waals surface area contributed by atoms with Crippen molar-refractivity contribution in [2.45, 2.75) is 32.4 Å². The Morgan fingerprint density at radius 3 is 2.12 bits per heavy atom. The minimum atomic E-state index is -0.668. The molecule has 3 rings (SSSR count). The van der Waals surface area contributed by atoms with Gasteiger partial charge in [-0.25, -0.2) is 0 Å². The van der Waals surface area contributed by atoms with Crippen molar-refractivity contribution in [3.8, 4) is 5.75 Å². The first kappa shape index (κ1) is 26.0. The van der Waals surface area contributed by atoms with Crippen molar-refractivity contribution in [1.29, 1.82) is 0 Å². The zero-order chi connectivity index (χ0) is 24.3. The van der Waals surface area contributed by atoms with E-state index in [1.54, 1.807) is 17.0 Å². The molecule has 0 fully saturated rings. The molecule has 5 nitrogen and oxygen atoms in total. The van der Waals surface area contributed by atoms with E-state index in [1.165, 1.54) is 0 Å². The number of benzene rings is 3. The smallest absolute Gasteiger partial charge is 0.261 e. The summed E-state index contributed by atoms with van der Waals surface area (Å²) in [6.45, 7) is 2.69. The van der Waals surface area contributed by atoms with Gasteiger partial charge in [-0.1, -0.05) is 81.2 Å². The van der Waals surface area contributed by atoms with E-state index in [9.17, 15) is 9.59 Å². The van der Waals surface area contributed by atoms with E-state index in [0.717, 1.165) is 26.5 Å². The summed E-state index contributed by atoms with van der Waals surface area (Å²) < 4.78 is 7.65. The van der Waals surface area contributed by atoms with Gasteiger partial charge in [-0.05, 0) is 53.9 Å². The molecule has 0 saturated heterocycles. The summed E-state index contributed by atoms with van der Waals surface area (Å²) in [5, 5.41) is 2.98. The maximum Gasteiger partial charge on any atom is 0.261 e. The number of hydrogen-bond acceptors (Lipinski definition) is 3. The van der Waals surface area contributed by atoms with Crippen molar-refractivity contribution >= 4 is 43.7 Å². The highest BCUT2D eigenvalue weighted by atomic mass is 79.9. The molecule has 0 heterocycles. The van der Waals surface area contributed by atoms with Crippen LogP contribution in [0.3, 0.4) is 0 Å². The number of amides is 2. The highest BCUT2D eigenvalue weighted by Crippen LogP contribution is 2.19. The lowest BCUT2D eigenvalue weighted by molar-refractivity contribution is -0.142. The van der Waals surface area contributed by atoms with Gasteiger partial charge in [0.2, 0.25) is 5.91 Å². The largest absolute Gasteiger partial charge is 0.484 e. The van der Waals surface area contributed by atoms with Crippen LogP contribution in [0.15, 0.2) is 87.8 Å². The number of ether oxygens (including phenoxy) is 1. The number of halogens is 2. The third-order valence-electron chi connectivity index (χ3n) is 5.26. The minimum absolute atomic E-state index is 0.162. The quantitative estimate of drug-likeness (QED) is 0.310. The highest BCUT2D eigenvalue weighted by Gasteiger charge is 2.30. The van der Waals surface area contributed by atoms with Crippen LogP contribution in [0.25, 0.3) is 0 Å². The van der Waals surface area contributed by atoms with Crippen molar-refractivity contribution in [3.05, 3.63) is 98.9 Å². The van der Waals surface area contributed by atoms with Crippen LogP contribution in [0, 0.1) is 0 Å². The molecule has 0 unspecified atom stereocenters. The summed E-state index contributed by atoms with van der Waals surface area (Å²) in [6.07, 6.45) is 1.23. The first-order chi connectivity index (χ1) is 16.5. The third-order valence-corrected chi connectivity index (χ3v) is 6.32. The topological polar surface area (TPSA) is 58.6 Å². The van der Waals surface area contributed by atoms with Crippen molar-refractivity contribution < 1.29 is 14.3 Å². The molecule has 34 heavy (non-hydrogen) atoms. The maximum atomic E-state index is 13.5. The number of hydrogen-bond donors (Lipinski definition) is 1. The normalized spacial score (nSPS) is 11.5. The summed E-state index contributed by atoms with van der Waals surface area (Å²) in [7, 11) is 0. The number of rotatable bonds is 11. The lowest BCUT2D eigenvalue weighted by Gasteiger charge is -2.31. The molecule has 3 aromatic rings. The highest BCUT2D eigenvalue weighted by molar-refractivity contribution is 9.10. The molecule has 1 atom stereocenters. The molecule has 0 aromatic heterocycles. The van der Waals surface area contributed by atoms with Crippen LogP contribution >= 0.6 is 31.9 Å². The van der Waals surface area contributed by atoms with E-state index in [2.05, 4.69) is 37.2 Å². The van der Waals surface area contributed by atoms with Gasteiger partial charge in [0.25, 0.3) is 5.91 Å². The van der Waals surface area contributed by atoms with E-state index in [-0.39, 0.29) is 18.4 Å². The SMILES string of the molecule is CCCNC(=O)[C@@H](Cc1ccccc1)N(Cc1ccc(Br)cc1)C(=O)COc1ccc(Br)cc1. The second-order valence-corrected chi connectivity index (χ2v) is 9.72. The summed E-state index contributed by atoms with van der Waals surface area (Å²) in [5.41, 5.74) is 1.92. The van der Waals surface area contributed by atoms with Crippen molar-refractivity contribution in [2.75, 3.05) is 13.2 Å². The Labute approximate surface area is 217 Å². The van der Waals surface area contributed by atoms with Gasteiger partial charge in [0.05, 0.1) is 0 Å². The van der Waals surface area contributed by atoms with E-state index in [1.807, 2.05) is 73.7 Å². The Balaban J connectivity index is 1.87. The number of nitrogens with zero attached hydrogens (tertiary/aromatic N) is 1. The van der Waals surface area contributed by atoms with Gasteiger partial charge in [-0.3, -0.25) is 9.59 Å². The van der Waals surface area contributed by atoms with Crippen LogP contribution in [0.1, 0.15) is 24.5 Å². The Hall–Kier alpha value is -2.64. The monoisotopic (exact) mass is 586 g/mol. The predicted molar refractivity (Wildman–Crippen MR) is 142 cm³/mol. The summed E-state index contributed by atoms with van der Waals surface area (Å²) in [5.74, 6) is 0.174. The molecule has 0 spiro atoms. The maximum absolute atomic E-state index is 13.5. The number of carbonyl (C=O) groups is 2. The molecule has 0 aliphatic rings.